The molecule has 0 bridgehead atoms. The van der Waals surface area contributed by atoms with E-state index < -0.39 is 10.1 Å². The lowest BCUT2D eigenvalue weighted by molar-refractivity contribution is 0.111. The quantitative estimate of drug-likeness (QED) is 0.337. The molecule has 8 heteroatoms. The van der Waals surface area contributed by atoms with Gasteiger partial charge in [-0.3, -0.25) is 20.0 Å². The van der Waals surface area contributed by atoms with Gasteiger partial charge in [-0.2, -0.15) is 8.42 Å². The summed E-state index contributed by atoms with van der Waals surface area (Å²) in [5.74, 6) is 5.12. The number of anilines is 1. The number of hydrogen-bond donors (Lipinski definition) is 3. The molecule has 22 heavy (non-hydrogen) atoms. The number of nitrogens with one attached hydrogen (secondary N) is 1. The van der Waals surface area contributed by atoms with Crippen LogP contribution >= 0.6 is 0 Å². The molecule has 0 unspecified atom stereocenters. The predicted octanol–water partition coefficient (Wildman–Crippen LogP) is 1.53. The first-order valence-corrected chi connectivity index (χ1v) is 7.40. The molecule has 0 radical (unpaired) electrons. The second-order valence-corrected chi connectivity index (χ2v) is 5.37. The van der Waals surface area contributed by atoms with Crippen molar-refractivity contribution in [1.29, 1.82) is 0 Å². The average molecular weight is 322 g/mol. The predicted molar refractivity (Wildman–Crippen MR) is 81.3 cm³/mol. The number of aldehydes is 2. The van der Waals surface area contributed by atoms with Gasteiger partial charge >= 0.3 is 0 Å². The molecule has 2 rings (SSSR count). The number of carbonyl (C=O) groups is 2. The summed E-state index contributed by atoms with van der Waals surface area (Å²) in [4.78, 5) is 20.2. The second-order valence-electron chi connectivity index (χ2n) is 3.98. The van der Waals surface area contributed by atoms with Crippen molar-refractivity contribution in [2.45, 2.75) is 4.90 Å². The molecule has 116 valence electrons. The third-order valence-corrected chi connectivity index (χ3v) is 3.49. The standard InChI is InChI=1S/C7H8N2O.C7H6O4S/c8-9-7-4-2-1-3-6(7)5-10;8-5-6-3-1-2-4-7(6)12(9,10)11/h1-5,9H,8H2;1-5H,(H,9,10,11). The molecule has 0 fully saturated rings. The maximum absolute atomic E-state index is 10.6. The summed E-state index contributed by atoms with van der Waals surface area (Å²) in [6, 6.07) is 12.4. The van der Waals surface area contributed by atoms with E-state index in [4.69, 9.17) is 10.4 Å². The number of nitrogen functional groups attached to an aromatic ring is 1. The van der Waals surface area contributed by atoms with Crippen LogP contribution in [0.25, 0.3) is 0 Å². The van der Waals surface area contributed by atoms with Gasteiger partial charge in [0.2, 0.25) is 0 Å². The number of para-hydroxylation sites is 1. The van der Waals surface area contributed by atoms with E-state index in [0.717, 1.165) is 6.29 Å². The van der Waals surface area contributed by atoms with Gasteiger partial charge in [0.05, 0.1) is 5.69 Å². The lowest BCUT2D eigenvalue weighted by Crippen LogP contribution is -2.08. The van der Waals surface area contributed by atoms with Gasteiger partial charge in [0, 0.05) is 11.1 Å². The molecule has 4 N–H and O–H groups in total. The van der Waals surface area contributed by atoms with E-state index in [9.17, 15) is 18.0 Å². The fraction of sp³-hybridized carbons (Fsp3) is 0. The van der Waals surface area contributed by atoms with Crippen LogP contribution in [-0.2, 0) is 10.1 Å². The van der Waals surface area contributed by atoms with Crippen LogP contribution in [-0.4, -0.2) is 25.5 Å². The monoisotopic (exact) mass is 322 g/mol. The number of carbonyl (C=O) groups excluding carboxylic acids is 2. The van der Waals surface area contributed by atoms with Crippen molar-refractivity contribution in [2.24, 2.45) is 5.84 Å². The third-order valence-electron chi connectivity index (χ3n) is 2.57. The first-order chi connectivity index (χ1) is 10.4. The van der Waals surface area contributed by atoms with Gasteiger partial charge in [0.15, 0.2) is 12.6 Å². The smallest absolute Gasteiger partial charge is 0.295 e. The molecule has 0 aliphatic carbocycles. The molecule has 2 aromatic carbocycles. The minimum atomic E-state index is -4.28. The number of nitrogens with two attached hydrogens (primary N) is 1. The first-order valence-electron chi connectivity index (χ1n) is 5.96. The van der Waals surface area contributed by atoms with Gasteiger partial charge < -0.3 is 5.43 Å². The van der Waals surface area contributed by atoms with Crippen molar-refractivity contribution in [3.8, 4) is 0 Å². The molecule has 0 heterocycles. The summed E-state index contributed by atoms with van der Waals surface area (Å²) in [6.45, 7) is 0. The molecular formula is C14H14N2O5S. The molecule has 0 aliphatic rings. The van der Waals surface area contributed by atoms with Crippen LogP contribution in [0.15, 0.2) is 53.4 Å². The summed E-state index contributed by atoms with van der Waals surface area (Å²) in [7, 11) is -4.28. The van der Waals surface area contributed by atoms with Crippen molar-refractivity contribution in [2.75, 3.05) is 5.43 Å². The minimum Gasteiger partial charge on any atom is -0.323 e. The Kier molecular flexibility index (Phi) is 6.39. The third kappa shape index (κ3) is 4.77. The van der Waals surface area contributed by atoms with E-state index >= 15 is 0 Å². The van der Waals surface area contributed by atoms with Crippen LogP contribution in [0.2, 0.25) is 0 Å². The minimum absolute atomic E-state index is 0.0417. The highest BCUT2D eigenvalue weighted by Crippen LogP contribution is 2.12. The molecule has 0 aromatic heterocycles. The Bertz CT molecular complexity index is 759. The largest absolute Gasteiger partial charge is 0.323 e. The molecule has 0 aliphatic heterocycles. The lowest BCUT2D eigenvalue weighted by atomic mass is 10.2. The molecular weight excluding hydrogens is 308 g/mol. The summed E-state index contributed by atoms with van der Waals surface area (Å²) in [5.41, 5.74) is 3.60. The molecule has 0 atom stereocenters. The second kappa shape index (κ2) is 8.03. The van der Waals surface area contributed by atoms with E-state index in [1.54, 1.807) is 18.2 Å². The van der Waals surface area contributed by atoms with E-state index in [0.29, 0.717) is 17.5 Å². The normalized spacial score (nSPS) is 10.1. The zero-order valence-corrected chi connectivity index (χ0v) is 12.2. The summed E-state index contributed by atoms with van der Waals surface area (Å²) < 4.78 is 29.8. The molecule has 7 nitrogen and oxygen atoms in total. The molecule has 0 amide bonds. The average Bonchev–Trinajstić information content (AvgIpc) is 2.54. The number of benzene rings is 2. The van der Waals surface area contributed by atoms with Crippen LogP contribution < -0.4 is 11.3 Å². The molecule has 0 saturated heterocycles. The highest BCUT2D eigenvalue weighted by molar-refractivity contribution is 7.86. The maximum Gasteiger partial charge on any atom is 0.295 e. The van der Waals surface area contributed by atoms with E-state index in [2.05, 4.69) is 5.43 Å². The Morgan fingerprint density at radius 2 is 1.41 bits per heavy atom. The van der Waals surface area contributed by atoms with Gasteiger partial charge in [-0.1, -0.05) is 30.3 Å². The highest BCUT2D eigenvalue weighted by atomic mass is 32.2. The van der Waals surface area contributed by atoms with Crippen LogP contribution in [0.1, 0.15) is 20.7 Å². The van der Waals surface area contributed by atoms with Crippen molar-refractivity contribution in [3.05, 3.63) is 59.7 Å². The summed E-state index contributed by atoms with van der Waals surface area (Å²) >= 11 is 0. The van der Waals surface area contributed by atoms with Gasteiger partial charge in [0.1, 0.15) is 4.90 Å². The van der Waals surface area contributed by atoms with Gasteiger partial charge in [-0.25, -0.2) is 0 Å². The topological polar surface area (TPSA) is 127 Å². The fourth-order valence-electron chi connectivity index (χ4n) is 1.54. The van der Waals surface area contributed by atoms with Crippen LogP contribution in [0.3, 0.4) is 0 Å². The van der Waals surface area contributed by atoms with E-state index in [1.807, 2.05) is 6.07 Å². The lowest BCUT2D eigenvalue weighted by Gasteiger charge is -2.00. The van der Waals surface area contributed by atoms with Gasteiger partial charge in [0.25, 0.3) is 10.1 Å². The molecule has 0 saturated carbocycles. The SMILES string of the molecule is NNc1ccccc1C=O.O=Cc1ccccc1S(=O)(=O)O. The Balaban J connectivity index is 0.000000224. The zero-order chi connectivity index (χ0) is 16.6. The number of rotatable bonds is 4. The summed E-state index contributed by atoms with van der Waals surface area (Å²) in [5, 5.41) is 0. The van der Waals surface area contributed by atoms with Crippen molar-refractivity contribution >= 4 is 28.4 Å². The summed E-state index contributed by atoms with van der Waals surface area (Å²) in [6.07, 6.45) is 1.14. The van der Waals surface area contributed by atoms with E-state index in [1.165, 1.54) is 24.3 Å². The Labute approximate surface area is 127 Å². The van der Waals surface area contributed by atoms with Crippen LogP contribution in [0, 0.1) is 0 Å². The van der Waals surface area contributed by atoms with Crippen molar-refractivity contribution in [1.82, 2.24) is 0 Å². The Morgan fingerprint density at radius 1 is 0.909 bits per heavy atom. The van der Waals surface area contributed by atoms with Gasteiger partial charge in [-0.05, 0) is 18.2 Å². The number of hydrogen-bond acceptors (Lipinski definition) is 6. The van der Waals surface area contributed by atoms with Crippen LogP contribution in [0.5, 0.6) is 0 Å². The zero-order valence-electron chi connectivity index (χ0n) is 11.3. The van der Waals surface area contributed by atoms with Crippen molar-refractivity contribution in [3.63, 3.8) is 0 Å². The molecule has 0 spiro atoms. The fourth-order valence-corrected chi connectivity index (χ4v) is 2.21. The molecule has 2 aromatic rings. The Hall–Kier alpha value is -2.55. The number of hydrazine groups is 1. The van der Waals surface area contributed by atoms with Gasteiger partial charge in [-0.15, -0.1) is 0 Å². The maximum atomic E-state index is 10.6. The Morgan fingerprint density at radius 3 is 1.82 bits per heavy atom. The highest BCUT2D eigenvalue weighted by Gasteiger charge is 2.13. The van der Waals surface area contributed by atoms with E-state index in [-0.39, 0.29) is 10.5 Å². The van der Waals surface area contributed by atoms with Crippen molar-refractivity contribution < 1.29 is 22.6 Å². The van der Waals surface area contributed by atoms with Crippen LogP contribution in [0.4, 0.5) is 5.69 Å². The first kappa shape index (κ1) is 17.5.